The number of thiophene rings is 1. The molecule has 0 aliphatic carbocycles. The van der Waals surface area contributed by atoms with E-state index in [0.29, 0.717) is 10.9 Å². The molecule has 0 saturated carbocycles. The van der Waals surface area contributed by atoms with Gasteiger partial charge in [-0.25, -0.2) is 4.98 Å². The van der Waals surface area contributed by atoms with Gasteiger partial charge in [0.2, 0.25) is 0 Å². The molecule has 2 N–H and O–H groups in total. The summed E-state index contributed by atoms with van der Waals surface area (Å²) in [6, 6.07) is 7.44. The molecule has 0 bridgehead atoms. The van der Waals surface area contributed by atoms with Crippen LogP contribution in [0.3, 0.4) is 0 Å². The lowest BCUT2D eigenvalue weighted by molar-refractivity contribution is 0.128. The van der Waals surface area contributed by atoms with Crippen molar-refractivity contribution in [3.05, 3.63) is 57.6 Å². The number of hydrogen-bond acceptors (Lipinski definition) is 4. The number of nitrogens with two attached hydrogens (primary N) is 1. The lowest BCUT2D eigenvalue weighted by atomic mass is 10.4. The average Bonchev–Trinajstić information content (AvgIpc) is 3.06. The molecule has 3 aromatic rings. The molecular weight excluding hydrogens is 296 g/mol. The van der Waals surface area contributed by atoms with Crippen molar-refractivity contribution in [2.45, 2.75) is 6.61 Å². The number of amidine groups is 1. The van der Waals surface area contributed by atoms with Crippen LogP contribution in [0.25, 0.3) is 5.65 Å². The fourth-order valence-electron chi connectivity index (χ4n) is 1.72. The van der Waals surface area contributed by atoms with Crippen LogP contribution >= 0.6 is 22.9 Å². The second kappa shape index (κ2) is 5.52. The maximum absolute atomic E-state index is 5.91. The van der Waals surface area contributed by atoms with Gasteiger partial charge in [-0.1, -0.05) is 22.8 Å². The van der Waals surface area contributed by atoms with Gasteiger partial charge in [-0.15, -0.1) is 11.3 Å². The molecule has 0 amide bonds. The summed E-state index contributed by atoms with van der Waals surface area (Å²) in [6.07, 6.45) is 3.63. The van der Waals surface area contributed by atoms with E-state index in [0.717, 1.165) is 16.2 Å². The minimum Gasteiger partial charge on any atom is -0.387 e. The van der Waals surface area contributed by atoms with E-state index in [-0.39, 0.29) is 6.61 Å². The van der Waals surface area contributed by atoms with Crippen molar-refractivity contribution in [1.29, 1.82) is 0 Å². The van der Waals surface area contributed by atoms with Crippen LogP contribution in [0.2, 0.25) is 5.02 Å². The van der Waals surface area contributed by atoms with Crippen LogP contribution in [-0.2, 0) is 11.4 Å². The molecular formula is C13H11ClN4OS. The molecule has 0 aliphatic heterocycles. The Bertz CT molecular complexity index is 751. The average molecular weight is 307 g/mol. The summed E-state index contributed by atoms with van der Waals surface area (Å²) in [5.41, 5.74) is 7.36. The predicted molar refractivity (Wildman–Crippen MR) is 80.0 cm³/mol. The van der Waals surface area contributed by atoms with Crippen molar-refractivity contribution in [2.24, 2.45) is 10.9 Å². The van der Waals surface area contributed by atoms with Gasteiger partial charge in [0.1, 0.15) is 5.65 Å². The molecule has 5 nitrogen and oxygen atoms in total. The summed E-state index contributed by atoms with van der Waals surface area (Å²) in [5.74, 6) is 0.367. The highest BCUT2D eigenvalue weighted by Gasteiger charge is 2.03. The molecule has 7 heteroatoms. The number of oxime groups is 1. The lowest BCUT2D eigenvalue weighted by Gasteiger charge is -1.97. The topological polar surface area (TPSA) is 64.9 Å². The Morgan fingerprint density at radius 1 is 1.40 bits per heavy atom. The van der Waals surface area contributed by atoms with E-state index in [1.807, 2.05) is 34.2 Å². The molecule has 0 unspecified atom stereocenters. The monoisotopic (exact) mass is 306 g/mol. The lowest BCUT2D eigenvalue weighted by Crippen LogP contribution is -2.11. The normalized spacial score (nSPS) is 11.9. The van der Waals surface area contributed by atoms with Crippen LogP contribution in [0.1, 0.15) is 10.6 Å². The van der Waals surface area contributed by atoms with Crippen LogP contribution in [0, 0.1) is 0 Å². The van der Waals surface area contributed by atoms with Crippen LogP contribution in [0.5, 0.6) is 0 Å². The highest BCUT2D eigenvalue weighted by atomic mass is 35.5. The summed E-state index contributed by atoms with van der Waals surface area (Å²) in [7, 11) is 0. The van der Waals surface area contributed by atoms with Gasteiger partial charge < -0.3 is 15.0 Å². The molecule has 0 radical (unpaired) electrons. The van der Waals surface area contributed by atoms with E-state index < -0.39 is 0 Å². The standard InChI is InChI=1S/C13H11ClN4OS/c14-9-3-4-12-16-10(7-18(12)6-9)8-19-17-13(15)11-2-1-5-20-11/h1-7H,8H2,(H2,15,17). The quantitative estimate of drug-likeness (QED) is 0.458. The molecule has 102 valence electrons. The summed E-state index contributed by atoms with van der Waals surface area (Å²) >= 11 is 7.43. The molecule has 0 aliphatic rings. The summed E-state index contributed by atoms with van der Waals surface area (Å²) < 4.78 is 1.84. The Labute approximate surface area is 124 Å². The zero-order valence-corrected chi connectivity index (χ0v) is 11.9. The van der Waals surface area contributed by atoms with Crippen LogP contribution < -0.4 is 5.73 Å². The maximum Gasteiger partial charge on any atom is 0.180 e. The van der Waals surface area contributed by atoms with Gasteiger partial charge in [-0.3, -0.25) is 0 Å². The first kappa shape index (κ1) is 13.0. The molecule has 3 rings (SSSR count). The van der Waals surface area contributed by atoms with Gasteiger partial charge in [0.05, 0.1) is 15.6 Å². The highest BCUT2D eigenvalue weighted by Crippen LogP contribution is 2.12. The third-order valence-electron chi connectivity index (χ3n) is 2.61. The number of pyridine rings is 1. The van der Waals surface area contributed by atoms with Gasteiger partial charge in [-0.2, -0.15) is 0 Å². The minimum absolute atomic E-state index is 0.255. The first-order valence-corrected chi connectivity index (χ1v) is 7.10. The smallest absolute Gasteiger partial charge is 0.180 e. The Hall–Kier alpha value is -2.05. The number of fused-ring (bicyclic) bond motifs is 1. The fraction of sp³-hybridized carbons (Fsp3) is 0.0769. The van der Waals surface area contributed by atoms with Gasteiger partial charge >= 0.3 is 0 Å². The van der Waals surface area contributed by atoms with Gasteiger partial charge in [0, 0.05) is 12.4 Å². The Kier molecular flexibility index (Phi) is 3.58. The van der Waals surface area contributed by atoms with Crippen LogP contribution in [0.15, 0.2) is 47.2 Å². The first-order valence-electron chi connectivity index (χ1n) is 5.85. The SMILES string of the molecule is NC(=NOCc1cn2cc(Cl)ccc2n1)c1cccs1. The zero-order chi connectivity index (χ0) is 13.9. The van der Waals surface area contributed by atoms with E-state index in [4.69, 9.17) is 22.2 Å². The Morgan fingerprint density at radius 3 is 3.10 bits per heavy atom. The Morgan fingerprint density at radius 2 is 2.30 bits per heavy atom. The number of rotatable bonds is 4. The highest BCUT2D eigenvalue weighted by molar-refractivity contribution is 7.12. The summed E-state index contributed by atoms with van der Waals surface area (Å²) in [5, 5.41) is 6.47. The largest absolute Gasteiger partial charge is 0.387 e. The molecule has 20 heavy (non-hydrogen) atoms. The van der Waals surface area contributed by atoms with Crippen LogP contribution in [0.4, 0.5) is 0 Å². The number of imidazole rings is 1. The molecule has 0 fully saturated rings. The van der Waals surface area contributed by atoms with Gasteiger partial charge in [-0.05, 0) is 23.6 Å². The van der Waals surface area contributed by atoms with Crippen molar-refractivity contribution < 1.29 is 4.84 Å². The van der Waals surface area contributed by atoms with Crippen molar-refractivity contribution >= 4 is 34.4 Å². The third kappa shape index (κ3) is 2.76. The van der Waals surface area contributed by atoms with E-state index in [2.05, 4.69) is 10.1 Å². The fourth-order valence-corrected chi connectivity index (χ4v) is 2.51. The Balaban J connectivity index is 1.69. The van der Waals surface area contributed by atoms with Crippen molar-refractivity contribution in [2.75, 3.05) is 0 Å². The number of nitrogens with zero attached hydrogens (tertiary/aromatic N) is 3. The van der Waals surface area contributed by atoms with E-state index in [9.17, 15) is 0 Å². The second-order valence-corrected chi connectivity index (χ2v) is 5.46. The molecule has 0 atom stereocenters. The van der Waals surface area contributed by atoms with E-state index in [1.165, 1.54) is 11.3 Å². The van der Waals surface area contributed by atoms with Crippen LogP contribution in [-0.4, -0.2) is 15.2 Å². The third-order valence-corrected chi connectivity index (χ3v) is 3.73. The molecule has 3 aromatic heterocycles. The minimum atomic E-state index is 0.255. The summed E-state index contributed by atoms with van der Waals surface area (Å²) in [6.45, 7) is 0.255. The summed E-state index contributed by atoms with van der Waals surface area (Å²) in [4.78, 5) is 10.5. The molecule has 0 aromatic carbocycles. The van der Waals surface area contributed by atoms with E-state index >= 15 is 0 Å². The molecule has 0 saturated heterocycles. The van der Waals surface area contributed by atoms with Gasteiger partial charge in [0.15, 0.2) is 12.4 Å². The maximum atomic E-state index is 5.91. The van der Waals surface area contributed by atoms with E-state index in [1.54, 1.807) is 12.3 Å². The molecule has 0 spiro atoms. The second-order valence-electron chi connectivity index (χ2n) is 4.07. The van der Waals surface area contributed by atoms with Crippen molar-refractivity contribution in [3.8, 4) is 0 Å². The number of aromatic nitrogens is 2. The predicted octanol–water partition coefficient (Wildman–Crippen LogP) is 2.89. The van der Waals surface area contributed by atoms with Gasteiger partial charge in [0.25, 0.3) is 0 Å². The van der Waals surface area contributed by atoms with Crippen molar-refractivity contribution in [3.63, 3.8) is 0 Å². The molecule has 3 heterocycles. The van der Waals surface area contributed by atoms with Crippen molar-refractivity contribution in [1.82, 2.24) is 9.38 Å². The number of halogens is 1. The number of hydrogen-bond donors (Lipinski definition) is 1. The zero-order valence-electron chi connectivity index (χ0n) is 10.4. The first-order chi connectivity index (χ1) is 9.72.